The number of hydrogen-bond acceptors (Lipinski definition) is 4. The molecule has 0 saturated carbocycles. The molecule has 3 rings (SSSR count). The minimum atomic E-state index is -0.00337. The number of hydrogen-bond donors (Lipinski definition) is 1. The Morgan fingerprint density at radius 2 is 2.23 bits per heavy atom. The quantitative estimate of drug-likeness (QED) is 0.921. The molecule has 0 bridgehead atoms. The standard InChI is InChI=1S/C16H22N4OS/c1-3-19-10-6-7-13(19)11-17-15(21)14-12(2)18-16(22-14)20-8-4-5-9-20/h4-5,8-9,13H,3,6-7,10-11H2,1-2H3,(H,17,21). The number of thiazole rings is 1. The van der Waals surface area contributed by atoms with Crippen LogP contribution in [0.25, 0.3) is 5.13 Å². The van der Waals surface area contributed by atoms with Crippen LogP contribution in [0.1, 0.15) is 35.1 Å². The second-order valence-electron chi connectivity index (χ2n) is 5.64. The Bertz CT molecular complexity index is 635. The fourth-order valence-corrected chi connectivity index (χ4v) is 3.95. The summed E-state index contributed by atoms with van der Waals surface area (Å²) in [7, 11) is 0. The molecule has 0 aliphatic carbocycles. The van der Waals surface area contributed by atoms with Crippen molar-refractivity contribution in [1.29, 1.82) is 0 Å². The van der Waals surface area contributed by atoms with Crippen LogP contribution < -0.4 is 5.32 Å². The fraction of sp³-hybridized carbons (Fsp3) is 0.500. The normalized spacial score (nSPS) is 18.7. The fourth-order valence-electron chi connectivity index (χ4n) is 3.00. The van der Waals surface area contributed by atoms with Gasteiger partial charge in [0.25, 0.3) is 5.91 Å². The zero-order chi connectivity index (χ0) is 15.5. The van der Waals surface area contributed by atoms with Crippen LogP contribution in [0.15, 0.2) is 24.5 Å². The number of amides is 1. The number of nitrogens with one attached hydrogen (secondary N) is 1. The lowest BCUT2D eigenvalue weighted by Gasteiger charge is -2.22. The second kappa shape index (κ2) is 6.62. The molecule has 22 heavy (non-hydrogen) atoms. The number of likely N-dealkylation sites (N-methyl/N-ethyl adjacent to an activating group) is 1. The van der Waals surface area contributed by atoms with Crippen LogP contribution in [0.3, 0.4) is 0 Å². The summed E-state index contributed by atoms with van der Waals surface area (Å²) in [5.74, 6) is -0.00337. The number of aromatic nitrogens is 2. The predicted molar refractivity (Wildman–Crippen MR) is 88.8 cm³/mol. The summed E-state index contributed by atoms with van der Waals surface area (Å²) >= 11 is 1.44. The molecule has 1 fully saturated rings. The van der Waals surface area contributed by atoms with E-state index in [1.807, 2.05) is 36.0 Å². The van der Waals surface area contributed by atoms with Crippen molar-refractivity contribution >= 4 is 17.2 Å². The van der Waals surface area contributed by atoms with Gasteiger partial charge in [-0.1, -0.05) is 18.3 Å². The molecule has 1 atom stereocenters. The Balaban J connectivity index is 1.65. The van der Waals surface area contributed by atoms with Gasteiger partial charge in [-0.3, -0.25) is 9.69 Å². The van der Waals surface area contributed by atoms with Crippen molar-refractivity contribution in [2.24, 2.45) is 0 Å². The summed E-state index contributed by atoms with van der Waals surface area (Å²) in [4.78, 5) is 20.1. The van der Waals surface area contributed by atoms with Crippen LogP contribution in [-0.2, 0) is 0 Å². The van der Waals surface area contributed by atoms with Gasteiger partial charge in [0.2, 0.25) is 0 Å². The number of likely N-dealkylation sites (tertiary alicyclic amines) is 1. The molecule has 1 unspecified atom stereocenters. The van der Waals surface area contributed by atoms with Crippen LogP contribution >= 0.6 is 11.3 Å². The molecule has 1 aliphatic heterocycles. The molecule has 0 radical (unpaired) electrons. The van der Waals surface area contributed by atoms with E-state index in [9.17, 15) is 4.79 Å². The Morgan fingerprint density at radius 3 is 2.95 bits per heavy atom. The van der Waals surface area contributed by atoms with Crippen molar-refractivity contribution in [3.05, 3.63) is 35.1 Å². The maximum atomic E-state index is 12.4. The van der Waals surface area contributed by atoms with Crippen LogP contribution in [0.4, 0.5) is 0 Å². The average molecular weight is 318 g/mol. The number of rotatable bonds is 5. The molecule has 6 heteroatoms. The van der Waals surface area contributed by atoms with Crippen molar-refractivity contribution < 1.29 is 4.79 Å². The zero-order valence-electron chi connectivity index (χ0n) is 13.1. The monoisotopic (exact) mass is 318 g/mol. The minimum absolute atomic E-state index is 0.00337. The SMILES string of the molecule is CCN1CCCC1CNC(=O)c1sc(-n2cccc2)nc1C. The zero-order valence-corrected chi connectivity index (χ0v) is 13.9. The highest BCUT2D eigenvalue weighted by atomic mass is 32.1. The Morgan fingerprint density at radius 1 is 1.45 bits per heavy atom. The predicted octanol–water partition coefficient (Wildman–Crippen LogP) is 2.46. The highest BCUT2D eigenvalue weighted by Gasteiger charge is 2.24. The summed E-state index contributed by atoms with van der Waals surface area (Å²) in [5.41, 5.74) is 0.796. The van der Waals surface area contributed by atoms with E-state index in [0.717, 1.165) is 30.5 Å². The smallest absolute Gasteiger partial charge is 0.263 e. The van der Waals surface area contributed by atoms with Crippen molar-refractivity contribution in [3.63, 3.8) is 0 Å². The molecular formula is C16H22N4OS. The minimum Gasteiger partial charge on any atom is -0.350 e. The Hall–Kier alpha value is -1.66. The van der Waals surface area contributed by atoms with Crippen LogP contribution in [-0.4, -0.2) is 46.0 Å². The summed E-state index contributed by atoms with van der Waals surface area (Å²) in [5, 5.41) is 3.92. The molecule has 3 heterocycles. The van der Waals surface area contributed by atoms with Crippen molar-refractivity contribution in [2.45, 2.75) is 32.7 Å². The Kier molecular flexibility index (Phi) is 4.59. The number of carbonyl (C=O) groups is 1. The van der Waals surface area contributed by atoms with Crippen LogP contribution in [0, 0.1) is 6.92 Å². The van der Waals surface area contributed by atoms with Gasteiger partial charge in [0.05, 0.1) is 5.69 Å². The molecular weight excluding hydrogens is 296 g/mol. The van der Waals surface area contributed by atoms with Gasteiger partial charge in [-0.05, 0) is 45.0 Å². The summed E-state index contributed by atoms with van der Waals surface area (Å²) in [6.45, 7) is 7.00. The van der Waals surface area contributed by atoms with Gasteiger partial charge in [-0.15, -0.1) is 0 Å². The van der Waals surface area contributed by atoms with E-state index < -0.39 is 0 Å². The van der Waals surface area contributed by atoms with E-state index in [0.29, 0.717) is 10.9 Å². The van der Waals surface area contributed by atoms with E-state index in [4.69, 9.17) is 0 Å². The molecule has 1 amide bonds. The van der Waals surface area contributed by atoms with Crippen molar-refractivity contribution in [1.82, 2.24) is 19.8 Å². The van der Waals surface area contributed by atoms with Gasteiger partial charge >= 0.3 is 0 Å². The molecule has 1 N–H and O–H groups in total. The Labute approximate surface area is 135 Å². The van der Waals surface area contributed by atoms with E-state index in [1.165, 1.54) is 24.2 Å². The van der Waals surface area contributed by atoms with E-state index in [-0.39, 0.29) is 5.91 Å². The first kappa shape index (κ1) is 15.2. The molecule has 1 saturated heterocycles. The summed E-state index contributed by atoms with van der Waals surface area (Å²) < 4.78 is 1.93. The highest BCUT2D eigenvalue weighted by Crippen LogP contribution is 2.22. The van der Waals surface area contributed by atoms with E-state index in [2.05, 4.69) is 22.1 Å². The maximum absolute atomic E-state index is 12.4. The molecule has 1 aliphatic rings. The van der Waals surface area contributed by atoms with Crippen molar-refractivity contribution in [2.75, 3.05) is 19.6 Å². The van der Waals surface area contributed by atoms with Gasteiger partial charge in [-0.2, -0.15) is 0 Å². The van der Waals surface area contributed by atoms with Gasteiger partial charge in [0, 0.05) is 25.0 Å². The third kappa shape index (κ3) is 3.08. The second-order valence-corrected chi connectivity index (χ2v) is 6.61. The molecule has 2 aromatic rings. The molecule has 5 nitrogen and oxygen atoms in total. The first-order valence-corrected chi connectivity index (χ1v) is 8.63. The summed E-state index contributed by atoms with van der Waals surface area (Å²) in [6.07, 6.45) is 6.28. The van der Waals surface area contributed by atoms with Crippen LogP contribution in [0.5, 0.6) is 0 Å². The maximum Gasteiger partial charge on any atom is 0.263 e. The first-order chi connectivity index (χ1) is 10.7. The third-order valence-electron chi connectivity index (χ3n) is 4.22. The number of nitrogens with zero attached hydrogens (tertiary/aromatic N) is 3. The van der Waals surface area contributed by atoms with E-state index >= 15 is 0 Å². The average Bonchev–Trinajstić information content (AvgIpc) is 3.24. The molecule has 2 aromatic heterocycles. The lowest BCUT2D eigenvalue weighted by molar-refractivity contribution is 0.0944. The molecule has 0 spiro atoms. The lowest BCUT2D eigenvalue weighted by Crippen LogP contribution is -2.39. The number of aryl methyl sites for hydroxylation is 1. The van der Waals surface area contributed by atoms with Crippen LogP contribution in [0.2, 0.25) is 0 Å². The molecule has 0 aromatic carbocycles. The van der Waals surface area contributed by atoms with Gasteiger partial charge in [0.1, 0.15) is 4.88 Å². The summed E-state index contributed by atoms with van der Waals surface area (Å²) in [6, 6.07) is 4.39. The highest BCUT2D eigenvalue weighted by molar-refractivity contribution is 7.16. The number of carbonyl (C=O) groups excluding carboxylic acids is 1. The third-order valence-corrected chi connectivity index (χ3v) is 5.39. The topological polar surface area (TPSA) is 50.2 Å². The largest absolute Gasteiger partial charge is 0.350 e. The molecule has 118 valence electrons. The van der Waals surface area contributed by atoms with Gasteiger partial charge in [0.15, 0.2) is 5.13 Å². The van der Waals surface area contributed by atoms with Gasteiger partial charge < -0.3 is 9.88 Å². The van der Waals surface area contributed by atoms with Gasteiger partial charge in [-0.25, -0.2) is 4.98 Å². The van der Waals surface area contributed by atoms with E-state index in [1.54, 1.807) is 0 Å². The van der Waals surface area contributed by atoms with Crippen molar-refractivity contribution in [3.8, 4) is 5.13 Å². The first-order valence-electron chi connectivity index (χ1n) is 7.82. The lowest BCUT2D eigenvalue weighted by atomic mass is 10.2.